The lowest BCUT2D eigenvalue weighted by atomic mass is 10.1. The van der Waals surface area contributed by atoms with Gasteiger partial charge < -0.3 is 19.7 Å². The van der Waals surface area contributed by atoms with Crippen molar-refractivity contribution >= 4 is 11.5 Å². The number of fused-ring (bicyclic) bond motifs is 2. The van der Waals surface area contributed by atoms with Crippen LogP contribution in [0.1, 0.15) is 18.1 Å². The van der Waals surface area contributed by atoms with E-state index < -0.39 is 0 Å². The van der Waals surface area contributed by atoms with E-state index in [1.54, 1.807) is 7.11 Å². The summed E-state index contributed by atoms with van der Waals surface area (Å²) in [6.45, 7) is 6.89. The van der Waals surface area contributed by atoms with Crippen LogP contribution in [-0.2, 0) is 0 Å². The Balaban J connectivity index is 2.06. The van der Waals surface area contributed by atoms with E-state index in [1.807, 2.05) is 30.3 Å². The lowest BCUT2D eigenvalue weighted by Crippen LogP contribution is -2.34. The first-order valence-electron chi connectivity index (χ1n) is 8.60. The largest absolute Gasteiger partial charge is 0.497 e. The predicted octanol–water partition coefficient (Wildman–Crippen LogP) is 3.73. The molecule has 25 heavy (non-hydrogen) atoms. The molecule has 0 bridgehead atoms. The highest BCUT2D eigenvalue weighted by Crippen LogP contribution is 2.39. The molecular weight excluding hydrogens is 314 g/mol. The zero-order valence-electron chi connectivity index (χ0n) is 15.3. The number of aliphatic imine (C=N–C) groups is 1. The summed E-state index contributed by atoms with van der Waals surface area (Å²) < 4.78 is 11.5. The molecule has 1 aliphatic rings. The molecule has 1 heterocycles. The number of aryl methyl sites for hydroxylation is 1. The van der Waals surface area contributed by atoms with Crippen LogP contribution < -0.4 is 14.8 Å². The third-order valence-corrected chi connectivity index (χ3v) is 4.23. The molecule has 2 aromatic rings. The summed E-state index contributed by atoms with van der Waals surface area (Å²) in [5, 5.41) is 3.36. The van der Waals surface area contributed by atoms with E-state index >= 15 is 0 Å². The van der Waals surface area contributed by atoms with Gasteiger partial charge in [-0.25, -0.2) is 4.99 Å². The summed E-state index contributed by atoms with van der Waals surface area (Å²) in [6.07, 6.45) is 0. The Morgan fingerprint density at radius 3 is 2.76 bits per heavy atom. The molecule has 3 rings (SSSR count). The monoisotopic (exact) mass is 339 g/mol. The summed E-state index contributed by atoms with van der Waals surface area (Å²) in [5.41, 5.74) is 2.97. The highest BCUT2D eigenvalue weighted by Gasteiger charge is 2.21. The van der Waals surface area contributed by atoms with Crippen molar-refractivity contribution < 1.29 is 9.47 Å². The number of amidine groups is 1. The first kappa shape index (κ1) is 17.3. The van der Waals surface area contributed by atoms with Crippen molar-refractivity contribution in [2.45, 2.75) is 13.8 Å². The fourth-order valence-corrected chi connectivity index (χ4v) is 2.81. The van der Waals surface area contributed by atoms with Crippen molar-refractivity contribution in [2.24, 2.45) is 4.99 Å². The molecule has 0 radical (unpaired) electrons. The molecule has 0 spiro atoms. The van der Waals surface area contributed by atoms with E-state index in [1.165, 1.54) is 0 Å². The number of nitrogens with zero attached hydrogens (tertiary/aromatic N) is 2. The van der Waals surface area contributed by atoms with Gasteiger partial charge in [0, 0.05) is 26.2 Å². The number of rotatable bonds is 5. The van der Waals surface area contributed by atoms with Gasteiger partial charge in [0.2, 0.25) is 0 Å². The minimum absolute atomic E-state index is 0.759. The predicted molar refractivity (Wildman–Crippen MR) is 102 cm³/mol. The van der Waals surface area contributed by atoms with Gasteiger partial charge in [-0.15, -0.1) is 0 Å². The van der Waals surface area contributed by atoms with Crippen LogP contribution in [0.2, 0.25) is 0 Å². The lowest BCUT2D eigenvalue weighted by Gasteiger charge is -2.22. The Morgan fingerprint density at radius 2 is 2.00 bits per heavy atom. The molecule has 0 saturated carbocycles. The molecule has 0 fully saturated rings. The Bertz CT molecular complexity index is 787. The maximum Gasteiger partial charge on any atom is 0.153 e. The third kappa shape index (κ3) is 3.77. The Morgan fingerprint density at radius 1 is 1.16 bits per heavy atom. The molecule has 5 nitrogen and oxygen atoms in total. The third-order valence-electron chi connectivity index (χ3n) is 4.23. The minimum Gasteiger partial charge on any atom is -0.497 e. The van der Waals surface area contributed by atoms with Gasteiger partial charge in [0.1, 0.15) is 23.0 Å². The summed E-state index contributed by atoms with van der Waals surface area (Å²) in [5.74, 6) is 3.19. The van der Waals surface area contributed by atoms with Crippen molar-refractivity contribution in [3.8, 4) is 17.2 Å². The normalized spacial score (nSPS) is 12.4. The maximum atomic E-state index is 6.17. The fraction of sp³-hybridized carbons (Fsp3) is 0.350. The van der Waals surface area contributed by atoms with Crippen molar-refractivity contribution in [1.29, 1.82) is 0 Å². The fourth-order valence-electron chi connectivity index (χ4n) is 2.81. The Kier molecular flexibility index (Phi) is 5.24. The summed E-state index contributed by atoms with van der Waals surface area (Å²) >= 11 is 0. The average molecular weight is 339 g/mol. The maximum absolute atomic E-state index is 6.17. The van der Waals surface area contributed by atoms with Crippen LogP contribution in [-0.4, -0.2) is 44.5 Å². The van der Waals surface area contributed by atoms with Crippen LogP contribution >= 0.6 is 0 Å². The van der Waals surface area contributed by atoms with Crippen molar-refractivity contribution in [3.05, 3.63) is 47.5 Å². The van der Waals surface area contributed by atoms with E-state index in [9.17, 15) is 0 Å². The Labute approximate surface area is 149 Å². The number of methoxy groups -OCH3 is 1. The summed E-state index contributed by atoms with van der Waals surface area (Å²) in [7, 11) is 3.72. The van der Waals surface area contributed by atoms with Gasteiger partial charge in [-0.05, 0) is 43.3 Å². The number of benzene rings is 2. The quantitative estimate of drug-likeness (QED) is 0.843. The van der Waals surface area contributed by atoms with Gasteiger partial charge >= 0.3 is 0 Å². The van der Waals surface area contributed by atoms with Crippen molar-refractivity contribution in [1.82, 2.24) is 10.2 Å². The van der Waals surface area contributed by atoms with Gasteiger partial charge in [-0.1, -0.05) is 13.0 Å². The van der Waals surface area contributed by atoms with Gasteiger partial charge in [0.05, 0.1) is 12.7 Å². The van der Waals surface area contributed by atoms with Gasteiger partial charge in [-0.3, -0.25) is 0 Å². The van der Waals surface area contributed by atoms with Crippen molar-refractivity contribution in [3.63, 3.8) is 0 Å². The number of ether oxygens (including phenoxy) is 2. The topological polar surface area (TPSA) is 46.1 Å². The average Bonchev–Trinajstić information content (AvgIpc) is 2.77. The SMILES string of the molecule is CCNCCN(C)C1=Nc2cc(C)ccc2Oc2cc(OC)ccc21. The molecular formula is C20H25N3O2. The number of nitrogens with one attached hydrogen (secondary N) is 1. The lowest BCUT2D eigenvalue weighted by molar-refractivity contribution is 0.409. The highest BCUT2D eigenvalue weighted by molar-refractivity contribution is 6.03. The zero-order valence-corrected chi connectivity index (χ0v) is 15.3. The van der Waals surface area contributed by atoms with Gasteiger partial charge in [-0.2, -0.15) is 0 Å². The van der Waals surface area contributed by atoms with Gasteiger partial charge in [0.25, 0.3) is 0 Å². The molecule has 0 unspecified atom stereocenters. The van der Waals surface area contributed by atoms with Crippen LogP contribution in [0.25, 0.3) is 0 Å². The van der Waals surface area contributed by atoms with Gasteiger partial charge in [0.15, 0.2) is 5.75 Å². The number of hydrogen-bond acceptors (Lipinski definition) is 5. The first-order valence-corrected chi connectivity index (χ1v) is 8.60. The zero-order chi connectivity index (χ0) is 17.8. The second kappa shape index (κ2) is 7.57. The molecule has 132 valence electrons. The minimum atomic E-state index is 0.759. The van der Waals surface area contributed by atoms with E-state index in [-0.39, 0.29) is 0 Å². The van der Waals surface area contributed by atoms with E-state index in [0.29, 0.717) is 0 Å². The standard InChI is InChI=1S/C20H25N3O2/c1-5-21-10-11-23(3)20-16-8-7-15(24-4)13-19(16)25-18-9-6-14(2)12-17(18)22-20/h6-9,12-13,21H,5,10-11H2,1-4H3. The number of hydrogen-bond donors (Lipinski definition) is 1. The number of likely N-dealkylation sites (N-methyl/N-ethyl adjacent to an activating group) is 2. The molecule has 0 saturated heterocycles. The van der Waals surface area contributed by atoms with Crippen LogP contribution in [0.5, 0.6) is 17.2 Å². The molecule has 1 aliphatic heterocycles. The molecule has 2 aromatic carbocycles. The molecule has 0 atom stereocenters. The Hall–Kier alpha value is -2.53. The molecule has 1 N–H and O–H groups in total. The van der Waals surface area contributed by atoms with Crippen LogP contribution in [0, 0.1) is 6.92 Å². The molecule has 0 aromatic heterocycles. The molecule has 5 heteroatoms. The van der Waals surface area contributed by atoms with E-state index in [4.69, 9.17) is 14.5 Å². The second-order valence-electron chi connectivity index (χ2n) is 6.15. The summed E-state index contributed by atoms with van der Waals surface area (Å²) in [4.78, 5) is 7.09. The summed E-state index contributed by atoms with van der Waals surface area (Å²) in [6, 6.07) is 11.9. The molecule has 0 aliphatic carbocycles. The van der Waals surface area contributed by atoms with Crippen LogP contribution in [0.15, 0.2) is 41.4 Å². The van der Waals surface area contributed by atoms with Crippen LogP contribution in [0.4, 0.5) is 5.69 Å². The first-order chi connectivity index (χ1) is 12.1. The van der Waals surface area contributed by atoms with Crippen molar-refractivity contribution in [2.75, 3.05) is 33.8 Å². The van der Waals surface area contributed by atoms with Crippen LogP contribution in [0.3, 0.4) is 0 Å². The van der Waals surface area contributed by atoms with E-state index in [2.05, 4.69) is 37.2 Å². The van der Waals surface area contributed by atoms with E-state index in [0.717, 1.165) is 59.5 Å². The second-order valence-corrected chi connectivity index (χ2v) is 6.15. The highest BCUT2D eigenvalue weighted by atomic mass is 16.5. The molecule has 0 amide bonds. The smallest absolute Gasteiger partial charge is 0.153 e.